The number of ether oxygens (including phenoxy) is 1. The van der Waals surface area contributed by atoms with Crippen molar-refractivity contribution in [1.82, 2.24) is 0 Å². The highest BCUT2D eigenvalue weighted by atomic mass is 35.5. The van der Waals surface area contributed by atoms with Gasteiger partial charge in [0.05, 0.1) is 10.6 Å². The third-order valence-electron chi connectivity index (χ3n) is 1.68. The van der Waals surface area contributed by atoms with Gasteiger partial charge < -0.3 is 4.74 Å². The molecule has 1 aliphatic heterocycles. The number of ketones is 1. The summed E-state index contributed by atoms with van der Waals surface area (Å²) >= 11 is 5.47. The fourth-order valence-corrected chi connectivity index (χ4v) is 1.25. The molecule has 0 atom stereocenters. The number of rotatable bonds is 0. The third kappa shape index (κ3) is 0.975. The summed E-state index contributed by atoms with van der Waals surface area (Å²) in [5.41, 5.74) is 0.362. The minimum Gasteiger partial charge on any atom is -0.485 e. The highest BCUT2D eigenvalue weighted by Crippen LogP contribution is 2.29. The molecule has 0 amide bonds. The maximum atomic E-state index is 12.8. The van der Waals surface area contributed by atoms with Crippen LogP contribution in [-0.4, -0.2) is 12.4 Å². The molecule has 12 heavy (non-hydrogen) atoms. The van der Waals surface area contributed by atoms with Gasteiger partial charge in [-0.25, -0.2) is 4.39 Å². The number of carbonyl (C=O) groups excluding carboxylic acids is 1. The van der Waals surface area contributed by atoms with Gasteiger partial charge in [-0.05, 0) is 6.07 Å². The second-order valence-corrected chi connectivity index (χ2v) is 2.88. The number of Topliss-reactive ketones (excluding diaryl/α,β-unsaturated/α-hetero) is 1. The number of halogens is 2. The van der Waals surface area contributed by atoms with Crippen LogP contribution in [0.15, 0.2) is 12.1 Å². The van der Waals surface area contributed by atoms with E-state index in [4.69, 9.17) is 16.3 Å². The van der Waals surface area contributed by atoms with Gasteiger partial charge in [0.25, 0.3) is 0 Å². The molecule has 0 saturated carbocycles. The zero-order valence-corrected chi connectivity index (χ0v) is 6.69. The van der Waals surface area contributed by atoms with Crippen molar-refractivity contribution < 1.29 is 13.9 Å². The number of fused-ring (bicyclic) bond motifs is 1. The van der Waals surface area contributed by atoms with Crippen molar-refractivity contribution in [2.75, 3.05) is 6.61 Å². The standard InChI is InChI=1S/C8H4ClFO2/c9-5-1-4-7(11)3-12-8(4)2-6(5)10/h1-2H,3H2. The lowest BCUT2D eigenvalue weighted by molar-refractivity contribution is 0.0961. The predicted molar refractivity (Wildman–Crippen MR) is 41.2 cm³/mol. The van der Waals surface area contributed by atoms with E-state index in [1.165, 1.54) is 6.07 Å². The molecular formula is C8H4ClFO2. The molecule has 1 heterocycles. The van der Waals surface area contributed by atoms with Crippen LogP contribution in [0.25, 0.3) is 0 Å². The molecular weight excluding hydrogens is 183 g/mol. The van der Waals surface area contributed by atoms with E-state index < -0.39 is 5.82 Å². The molecule has 1 aromatic rings. The molecule has 1 aliphatic rings. The van der Waals surface area contributed by atoms with Gasteiger partial charge in [-0.2, -0.15) is 0 Å². The Balaban J connectivity index is 2.63. The van der Waals surface area contributed by atoms with E-state index >= 15 is 0 Å². The van der Waals surface area contributed by atoms with E-state index in [9.17, 15) is 9.18 Å². The van der Waals surface area contributed by atoms with Crippen molar-refractivity contribution in [1.29, 1.82) is 0 Å². The summed E-state index contributed by atoms with van der Waals surface area (Å²) in [6.07, 6.45) is 0. The van der Waals surface area contributed by atoms with Gasteiger partial charge in [-0.15, -0.1) is 0 Å². The highest BCUT2D eigenvalue weighted by molar-refractivity contribution is 6.31. The van der Waals surface area contributed by atoms with E-state index in [-0.39, 0.29) is 23.2 Å². The Morgan fingerprint density at radius 3 is 3.00 bits per heavy atom. The van der Waals surface area contributed by atoms with Crippen molar-refractivity contribution in [3.05, 3.63) is 28.5 Å². The Morgan fingerprint density at radius 1 is 1.50 bits per heavy atom. The Labute approximate surface area is 72.9 Å². The molecule has 62 valence electrons. The average molecular weight is 187 g/mol. The molecule has 0 bridgehead atoms. The number of benzene rings is 1. The van der Waals surface area contributed by atoms with Crippen molar-refractivity contribution in [2.45, 2.75) is 0 Å². The van der Waals surface area contributed by atoms with Crippen molar-refractivity contribution in [3.8, 4) is 5.75 Å². The monoisotopic (exact) mass is 186 g/mol. The van der Waals surface area contributed by atoms with Gasteiger partial charge in [0.15, 0.2) is 6.61 Å². The summed E-state index contributed by atoms with van der Waals surface area (Å²) in [6, 6.07) is 2.42. The lowest BCUT2D eigenvalue weighted by Gasteiger charge is -1.97. The number of hydrogen-bond acceptors (Lipinski definition) is 2. The maximum Gasteiger partial charge on any atom is 0.203 e. The molecule has 1 aromatic carbocycles. The predicted octanol–water partition coefficient (Wildman–Crippen LogP) is 2.05. The first-order valence-corrected chi connectivity index (χ1v) is 3.71. The normalized spacial score (nSPS) is 14.3. The van der Waals surface area contributed by atoms with Gasteiger partial charge in [-0.3, -0.25) is 4.79 Å². The largest absolute Gasteiger partial charge is 0.485 e. The van der Waals surface area contributed by atoms with Crippen LogP contribution >= 0.6 is 11.6 Å². The van der Waals surface area contributed by atoms with Crippen LogP contribution < -0.4 is 4.74 Å². The lowest BCUT2D eigenvalue weighted by atomic mass is 10.1. The third-order valence-corrected chi connectivity index (χ3v) is 1.97. The zero-order valence-electron chi connectivity index (χ0n) is 5.93. The molecule has 2 nitrogen and oxygen atoms in total. The van der Waals surface area contributed by atoms with E-state index in [2.05, 4.69) is 0 Å². The molecule has 0 aromatic heterocycles. The minimum atomic E-state index is -0.565. The summed E-state index contributed by atoms with van der Waals surface area (Å²) in [6.45, 7) is -0.0187. The topological polar surface area (TPSA) is 26.3 Å². The summed E-state index contributed by atoms with van der Waals surface area (Å²) in [4.78, 5) is 11.0. The van der Waals surface area contributed by atoms with Crippen molar-refractivity contribution >= 4 is 17.4 Å². The minimum absolute atomic E-state index is 0.0187. The molecule has 2 rings (SSSR count). The Kier molecular flexibility index (Phi) is 1.54. The first-order chi connectivity index (χ1) is 5.68. The summed E-state index contributed by atoms with van der Waals surface area (Å²) in [7, 11) is 0. The van der Waals surface area contributed by atoms with Gasteiger partial charge in [0.2, 0.25) is 5.78 Å². The van der Waals surface area contributed by atoms with Crippen LogP contribution in [0.3, 0.4) is 0 Å². The van der Waals surface area contributed by atoms with E-state index in [0.717, 1.165) is 6.07 Å². The molecule has 0 aliphatic carbocycles. The molecule has 0 radical (unpaired) electrons. The second-order valence-electron chi connectivity index (χ2n) is 2.47. The van der Waals surface area contributed by atoms with Crippen LogP contribution in [0.2, 0.25) is 5.02 Å². The highest BCUT2D eigenvalue weighted by Gasteiger charge is 2.22. The Morgan fingerprint density at radius 2 is 2.25 bits per heavy atom. The fraction of sp³-hybridized carbons (Fsp3) is 0.125. The van der Waals surface area contributed by atoms with Gasteiger partial charge in [0, 0.05) is 6.07 Å². The molecule has 0 unspecified atom stereocenters. The van der Waals surface area contributed by atoms with E-state index in [1.807, 2.05) is 0 Å². The summed E-state index contributed by atoms with van der Waals surface area (Å²) < 4.78 is 17.7. The van der Waals surface area contributed by atoms with Crippen LogP contribution in [0.4, 0.5) is 4.39 Å². The first kappa shape index (κ1) is 7.55. The van der Waals surface area contributed by atoms with Crippen LogP contribution in [0.1, 0.15) is 10.4 Å². The van der Waals surface area contributed by atoms with Gasteiger partial charge >= 0.3 is 0 Å². The summed E-state index contributed by atoms with van der Waals surface area (Å²) in [5, 5.41) is -0.0485. The van der Waals surface area contributed by atoms with E-state index in [1.54, 1.807) is 0 Å². The van der Waals surface area contributed by atoms with Crippen molar-refractivity contribution in [2.24, 2.45) is 0 Å². The van der Waals surface area contributed by atoms with Crippen LogP contribution in [0, 0.1) is 5.82 Å². The number of carbonyl (C=O) groups is 1. The van der Waals surface area contributed by atoms with Crippen molar-refractivity contribution in [3.63, 3.8) is 0 Å². The van der Waals surface area contributed by atoms with Gasteiger partial charge in [-0.1, -0.05) is 11.6 Å². The van der Waals surface area contributed by atoms with Crippen LogP contribution in [0.5, 0.6) is 5.75 Å². The lowest BCUT2D eigenvalue weighted by Crippen LogP contribution is -1.98. The maximum absolute atomic E-state index is 12.8. The molecule has 0 saturated heterocycles. The van der Waals surface area contributed by atoms with E-state index in [0.29, 0.717) is 5.56 Å². The Bertz CT molecular complexity index is 362. The molecule has 0 spiro atoms. The fourth-order valence-electron chi connectivity index (χ4n) is 1.09. The smallest absolute Gasteiger partial charge is 0.203 e. The second kappa shape index (κ2) is 2.45. The molecule has 0 fully saturated rings. The summed E-state index contributed by atoms with van der Waals surface area (Å²) in [5.74, 6) is -0.445. The molecule has 4 heteroatoms. The molecule has 0 N–H and O–H groups in total. The zero-order chi connectivity index (χ0) is 8.72. The quantitative estimate of drug-likeness (QED) is 0.620. The SMILES string of the molecule is O=C1COc2cc(F)c(Cl)cc21. The Hall–Kier alpha value is -1.09. The van der Waals surface area contributed by atoms with Crippen LogP contribution in [-0.2, 0) is 0 Å². The number of hydrogen-bond donors (Lipinski definition) is 0. The average Bonchev–Trinajstić information content (AvgIpc) is 2.35. The first-order valence-electron chi connectivity index (χ1n) is 3.33. The van der Waals surface area contributed by atoms with Gasteiger partial charge in [0.1, 0.15) is 11.6 Å².